The van der Waals surface area contributed by atoms with Crippen LogP contribution in [0.5, 0.6) is 0 Å². The first kappa shape index (κ1) is 12.5. The Balaban J connectivity index is 2.64. The highest BCUT2D eigenvalue weighted by Crippen LogP contribution is 2.21. The molecular formula is C11H18N2OS. The first-order valence-corrected chi connectivity index (χ1v) is 5.96. The Labute approximate surface area is 95.3 Å². The van der Waals surface area contributed by atoms with Crippen LogP contribution in [-0.4, -0.2) is 29.0 Å². The minimum Gasteiger partial charge on any atom is -0.395 e. The zero-order valence-corrected chi connectivity index (χ0v) is 10.2. The summed E-state index contributed by atoms with van der Waals surface area (Å²) in [6.07, 6.45) is 1.88. The van der Waals surface area contributed by atoms with E-state index in [9.17, 15) is 0 Å². The molecule has 0 aliphatic heterocycles. The van der Waals surface area contributed by atoms with Crippen LogP contribution >= 0.6 is 11.8 Å². The molecule has 15 heavy (non-hydrogen) atoms. The number of hydrogen-bond donors (Lipinski definition) is 2. The van der Waals surface area contributed by atoms with Gasteiger partial charge in [0.15, 0.2) is 0 Å². The molecule has 0 aromatic carbocycles. The molecule has 0 bridgehead atoms. The number of pyridine rings is 1. The van der Waals surface area contributed by atoms with E-state index < -0.39 is 0 Å². The number of hydrogen-bond acceptors (Lipinski definition) is 4. The Morgan fingerprint density at radius 1 is 1.47 bits per heavy atom. The van der Waals surface area contributed by atoms with Crippen LogP contribution in [0.15, 0.2) is 23.4 Å². The molecule has 4 heteroatoms. The second-order valence-corrected chi connectivity index (χ2v) is 5.01. The molecule has 2 unspecified atom stereocenters. The Hall–Kier alpha value is -0.580. The van der Waals surface area contributed by atoms with Crippen LogP contribution in [0.4, 0.5) is 0 Å². The van der Waals surface area contributed by atoms with Crippen molar-refractivity contribution < 1.29 is 5.11 Å². The second kappa shape index (κ2) is 6.10. The molecule has 0 aliphatic carbocycles. The van der Waals surface area contributed by atoms with Crippen molar-refractivity contribution in [2.24, 2.45) is 0 Å². The van der Waals surface area contributed by atoms with E-state index in [2.05, 4.69) is 23.3 Å². The third-order valence-electron chi connectivity index (χ3n) is 2.27. The van der Waals surface area contributed by atoms with E-state index in [-0.39, 0.29) is 11.9 Å². The van der Waals surface area contributed by atoms with Crippen molar-refractivity contribution in [3.8, 4) is 0 Å². The summed E-state index contributed by atoms with van der Waals surface area (Å²) in [4.78, 5) is 4.35. The van der Waals surface area contributed by atoms with Gasteiger partial charge in [-0.3, -0.25) is 0 Å². The molecule has 0 saturated carbocycles. The van der Waals surface area contributed by atoms with E-state index in [0.717, 1.165) is 5.03 Å². The molecule has 0 aliphatic rings. The van der Waals surface area contributed by atoms with Crippen molar-refractivity contribution in [3.63, 3.8) is 0 Å². The molecule has 1 heterocycles. The normalized spacial score (nSPS) is 14.9. The molecule has 0 fully saturated rings. The summed E-state index contributed by atoms with van der Waals surface area (Å²) in [6, 6.07) is 4.40. The van der Waals surface area contributed by atoms with Gasteiger partial charge in [0.05, 0.1) is 11.6 Å². The van der Waals surface area contributed by atoms with Crippen molar-refractivity contribution in [3.05, 3.63) is 23.9 Å². The zero-order valence-electron chi connectivity index (χ0n) is 9.40. The number of thioether (sulfide) groups is 1. The first-order chi connectivity index (χ1) is 7.17. The summed E-state index contributed by atoms with van der Waals surface area (Å²) in [5.74, 6) is 0. The van der Waals surface area contributed by atoms with Gasteiger partial charge in [-0.05, 0) is 25.6 Å². The highest BCUT2D eigenvalue weighted by Gasteiger charge is 2.06. The Morgan fingerprint density at radius 2 is 2.20 bits per heavy atom. The van der Waals surface area contributed by atoms with E-state index in [1.807, 2.05) is 26.2 Å². The van der Waals surface area contributed by atoms with Crippen molar-refractivity contribution in [2.75, 3.05) is 13.7 Å². The van der Waals surface area contributed by atoms with Gasteiger partial charge in [0.25, 0.3) is 0 Å². The lowest BCUT2D eigenvalue weighted by molar-refractivity contribution is 0.300. The third kappa shape index (κ3) is 3.81. The van der Waals surface area contributed by atoms with E-state index in [4.69, 9.17) is 5.11 Å². The van der Waals surface area contributed by atoms with Crippen LogP contribution in [0.2, 0.25) is 0 Å². The lowest BCUT2D eigenvalue weighted by Crippen LogP contribution is -2.12. The molecule has 0 radical (unpaired) electrons. The van der Waals surface area contributed by atoms with E-state index in [0.29, 0.717) is 6.04 Å². The standard InChI is InChI=1S/C11H18N2OS/c1-8(7-14)15-11-5-4-10(6-13-11)9(2)12-3/h4-6,8-9,12,14H,7H2,1-3H3. The zero-order chi connectivity index (χ0) is 11.3. The van der Waals surface area contributed by atoms with Crippen LogP contribution in [0.25, 0.3) is 0 Å². The Morgan fingerprint density at radius 3 is 2.67 bits per heavy atom. The number of aliphatic hydroxyl groups excluding tert-OH is 1. The fraction of sp³-hybridized carbons (Fsp3) is 0.545. The summed E-state index contributed by atoms with van der Waals surface area (Å²) in [5, 5.41) is 13.2. The van der Waals surface area contributed by atoms with Crippen molar-refractivity contribution in [1.29, 1.82) is 0 Å². The molecule has 0 saturated heterocycles. The van der Waals surface area contributed by atoms with Gasteiger partial charge in [-0.15, -0.1) is 11.8 Å². The minimum absolute atomic E-state index is 0.182. The van der Waals surface area contributed by atoms with Gasteiger partial charge in [0.1, 0.15) is 0 Å². The molecule has 84 valence electrons. The van der Waals surface area contributed by atoms with Gasteiger partial charge >= 0.3 is 0 Å². The topological polar surface area (TPSA) is 45.1 Å². The van der Waals surface area contributed by atoms with Crippen LogP contribution in [0.3, 0.4) is 0 Å². The summed E-state index contributed by atoms with van der Waals surface area (Å²) >= 11 is 1.59. The average molecular weight is 226 g/mol. The quantitative estimate of drug-likeness (QED) is 0.752. The summed E-state index contributed by atoms with van der Waals surface area (Å²) in [7, 11) is 1.93. The maximum Gasteiger partial charge on any atom is 0.0963 e. The van der Waals surface area contributed by atoms with Crippen LogP contribution in [0.1, 0.15) is 25.5 Å². The fourth-order valence-corrected chi connectivity index (χ4v) is 1.87. The number of rotatable bonds is 5. The maximum atomic E-state index is 8.92. The molecule has 1 aromatic rings. The van der Waals surface area contributed by atoms with Crippen molar-refractivity contribution in [2.45, 2.75) is 30.2 Å². The van der Waals surface area contributed by atoms with Crippen molar-refractivity contribution >= 4 is 11.8 Å². The second-order valence-electron chi connectivity index (χ2n) is 3.55. The van der Waals surface area contributed by atoms with Gasteiger partial charge in [0.2, 0.25) is 0 Å². The monoisotopic (exact) mass is 226 g/mol. The highest BCUT2D eigenvalue weighted by atomic mass is 32.2. The van der Waals surface area contributed by atoms with Crippen LogP contribution < -0.4 is 5.32 Å². The van der Waals surface area contributed by atoms with Crippen molar-refractivity contribution in [1.82, 2.24) is 10.3 Å². The molecule has 3 nitrogen and oxygen atoms in total. The van der Waals surface area contributed by atoms with Gasteiger partial charge in [-0.25, -0.2) is 4.98 Å². The first-order valence-electron chi connectivity index (χ1n) is 5.08. The predicted molar refractivity (Wildman–Crippen MR) is 64.1 cm³/mol. The number of nitrogens with zero attached hydrogens (tertiary/aromatic N) is 1. The maximum absolute atomic E-state index is 8.92. The van der Waals surface area contributed by atoms with E-state index in [1.54, 1.807) is 11.8 Å². The third-order valence-corrected chi connectivity index (χ3v) is 3.31. The van der Waals surface area contributed by atoms with E-state index in [1.165, 1.54) is 5.56 Å². The number of nitrogens with one attached hydrogen (secondary N) is 1. The predicted octanol–water partition coefficient (Wildman–Crippen LogP) is 1.83. The van der Waals surface area contributed by atoms with Gasteiger partial charge in [-0.1, -0.05) is 13.0 Å². The smallest absolute Gasteiger partial charge is 0.0963 e. The number of aromatic nitrogens is 1. The lowest BCUT2D eigenvalue weighted by Gasteiger charge is -2.11. The molecule has 2 N–H and O–H groups in total. The molecule has 2 atom stereocenters. The van der Waals surface area contributed by atoms with E-state index >= 15 is 0 Å². The average Bonchev–Trinajstić information content (AvgIpc) is 2.29. The van der Waals surface area contributed by atoms with Crippen LogP contribution in [-0.2, 0) is 0 Å². The van der Waals surface area contributed by atoms with Crippen LogP contribution in [0, 0.1) is 0 Å². The fourth-order valence-electron chi connectivity index (χ4n) is 1.13. The number of aliphatic hydroxyl groups is 1. The molecule has 0 spiro atoms. The Kier molecular flexibility index (Phi) is 5.08. The summed E-state index contributed by atoms with van der Waals surface area (Å²) < 4.78 is 0. The molecular weight excluding hydrogens is 208 g/mol. The summed E-state index contributed by atoms with van der Waals surface area (Å²) in [5.41, 5.74) is 1.18. The molecule has 1 aromatic heterocycles. The Bertz CT molecular complexity index is 289. The van der Waals surface area contributed by atoms with Gasteiger partial charge in [0, 0.05) is 17.5 Å². The minimum atomic E-state index is 0.182. The van der Waals surface area contributed by atoms with Gasteiger partial charge < -0.3 is 10.4 Å². The largest absolute Gasteiger partial charge is 0.395 e. The molecule has 1 rings (SSSR count). The lowest BCUT2D eigenvalue weighted by atomic mass is 10.1. The van der Waals surface area contributed by atoms with Gasteiger partial charge in [-0.2, -0.15) is 0 Å². The highest BCUT2D eigenvalue weighted by molar-refractivity contribution is 7.99. The molecule has 0 amide bonds. The SMILES string of the molecule is CNC(C)c1ccc(SC(C)CO)nc1. The summed E-state index contributed by atoms with van der Waals surface area (Å²) in [6.45, 7) is 4.26.